The molecule has 2 aromatic carbocycles. The second-order valence-corrected chi connectivity index (χ2v) is 10.9. The first-order chi connectivity index (χ1) is 19.0. The fraction of sp³-hybridized carbons (Fsp3) is 0.357. The summed E-state index contributed by atoms with van der Waals surface area (Å²) < 4.78 is 28.7. The lowest BCUT2D eigenvalue weighted by atomic mass is 10.1. The van der Waals surface area contributed by atoms with Crippen molar-refractivity contribution in [2.75, 3.05) is 18.1 Å². The first-order valence-corrected chi connectivity index (χ1v) is 14.5. The molecule has 1 atom stereocenters. The van der Waals surface area contributed by atoms with E-state index in [1.807, 2.05) is 0 Å². The molecule has 1 aliphatic rings. The summed E-state index contributed by atoms with van der Waals surface area (Å²) in [6.07, 6.45) is 5.70. The number of hydrogen-bond acceptors (Lipinski definition) is 7. The van der Waals surface area contributed by atoms with Crippen LogP contribution in [0.4, 0.5) is 5.69 Å². The lowest BCUT2D eigenvalue weighted by Crippen LogP contribution is -2.46. The molecule has 11 nitrogen and oxygen atoms in total. The van der Waals surface area contributed by atoms with Crippen LogP contribution in [0.1, 0.15) is 44.6 Å². The highest BCUT2D eigenvalue weighted by Gasteiger charge is 2.44. The summed E-state index contributed by atoms with van der Waals surface area (Å²) in [7, 11) is -3.87. The molecule has 0 aromatic heterocycles. The maximum Gasteiger partial charge on any atom is 0.328 e. The van der Waals surface area contributed by atoms with Crippen LogP contribution >= 0.6 is 0 Å². The molecular formula is C28H33N3O8S. The quantitative estimate of drug-likeness (QED) is 0.198. The Morgan fingerprint density at radius 2 is 1.73 bits per heavy atom. The Hall–Kier alpha value is -4.03. The molecular weight excluding hydrogens is 538 g/mol. The van der Waals surface area contributed by atoms with Crippen molar-refractivity contribution in [3.8, 4) is 5.75 Å². The van der Waals surface area contributed by atoms with E-state index in [0.717, 1.165) is 41.6 Å². The van der Waals surface area contributed by atoms with Gasteiger partial charge >= 0.3 is 5.97 Å². The zero-order chi connectivity index (χ0) is 29.3. The van der Waals surface area contributed by atoms with Crippen LogP contribution in [0, 0.1) is 0 Å². The summed E-state index contributed by atoms with van der Waals surface area (Å²) in [6, 6.07) is 11.1. The van der Waals surface area contributed by atoms with E-state index in [0.29, 0.717) is 29.7 Å². The van der Waals surface area contributed by atoms with Crippen molar-refractivity contribution in [2.45, 2.75) is 56.4 Å². The van der Waals surface area contributed by atoms with Gasteiger partial charge in [-0.05, 0) is 54.8 Å². The van der Waals surface area contributed by atoms with E-state index in [2.05, 4.69) is 6.92 Å². The average Bonchev–Trinajstić information content (AvgIpc) is 3.20. The molecule has 2 aromatic rings. The maximum absolute atomic E-state index is 13.4. The van der Waals surface area contributed by atoms with Gasteiger partial charge in [-0.3, -0.25) is 14.4 Å². The first-order valence-electron chi connectivity index (χ1n) is 12.9. The zero-order valence-corrected chi connectivity index (χ0v) is 23.0. The first kappa shape index (κ1) is 30.5. The zero-order valence-electron chi connectivity index (χ0n) is 22.2. The van der Waals surface area contributed by atoms with Gasteiger partial charge in [0.05, 0.1) is 23.6 Å². The molecule has 0 radical (unpaired) electrons. The summed E-state index contributed by atoms with van der Waals surface area (Å²) in [6.45, 7) is 2.67. The number of carboxylic acid groups (broad SMARTS) is 1. The predicted molar refractivity (Wildman–Crippen MR) is 147 cm³/mol. The van der Waals surface area contributed by atoms with Crippen LogP contribution in [-0.2, 0) is 35.6 Å². The molecule has 3 rings (SSSR count). The number of carbonyl (C=O) groups is 4. The van der Waals surface area contributed by atoms with Gasteiger partial charge in [0, 0.05) is 18.7 Å². The Balaban J connectivity index is 1.74. The molecule has 0 spiro atoms. The van der Waals surface area contributed by atoms with Gasteiger partial charge in [0.2, 0.25) is 21.8 Å². The lowest BCUT2D eigenvalue weighted by molar-refractivity contribution is -0.135. The minimum Gasteiger partial charge on any atom is -0.494 e. The van der Waals surface area contributed by atoms with E-state index in [9.17, 15) is 27.6 Å². The van der Waals surface area contributed by atoms with Crippen LogP contribution in [0.25, 0.3) is 0 Å². The highest BCUT2D eigenvalue weighted by atomic mass is 32.2. The second-order valence-electron chi connectivity index (χ2n) is 9.33. The molecule has 3 N–H and O–H groups in total. The van der Waals surface area contributed by atoms with Crippen molar-refractivity contribution in [3.05, 3.63) is 66.2 Å². The van der Waals surface area contributed by atoms with Gasteiger partial charge in [0.1, 0.15) is 11.8 Å². The Morgan fingerprint density at radius 1 is 1.05 bits per heavy atom. The van der Waals surface area contributed by atoms with E-state index < -0.39 is 39.8 Å². The van der Waals surface area contributed by atoms with Crippen molar-refractivity contribution >= 4 is 39.4 Å². The van der Waals surface area contributed by atoms with Crippen LogP contribution < -0.4 is 14.8 Å². The number of nitrogens with two attached hydrogens (primary N) is 1. The fourth-order valence-corrected chi connectivity index (χ4v) is 4.81. The predicted octanol–water partition coefficient (Wildman–Crippen LogP) is 2.64. The van der Waals surface area contributed by atoms with Crippen molar-refractivity contribution in [2.24, 2.45) is 5.14 Å². The molecule has 1 saturated heterocycles. The second kappa shape index (κ2) is 13.9. The number of carbonyl (C=O) groups excluding carboxylic acids is 3. The Labute approximate surface area is 233 Å². The normalized spacial score (nSPS) is 15.6. The van der Waals surface area contributed by atoms with E-state index >= 15 is 0 Å². The Bertz CT molecular complexity index is 1350. The standard InChI is InChI=1S/C28H33N3O8S/c1-2-3-4-5-18-39-22-10-8-21(9-11-22)31-26(33)19-24(28(31)36)30(25(32)14-15-27(34)35)17-16-20-6-12-23(13-7-20)40(29,37)38/h6-15,24H,2-5,16-19H2,1H3,(H,34,35)(H2,29,37,38)/b15-14+/t24-/m0/s1. The molecule has 0 bridgehead atoms. The van der Waals surface area contributed by atoms with Crippen molar-refractivity contribution in [3.63, 3.8) is 0 Å². The molecule has 0 unspecified atom stereocenters. The number of primary sulfonamides is 1. The summed E-state index contributed by atoms with van der Waals surface area (Å²) in [5, 5.41) is 14.1. The van der Waals surface area contributed by atoms with Crippen LogP contribution in [0.3, 0.4) is 0 Å². The molecule has 1 fully saturated rings. The lowest BCUT2D eigenvalue weighted by Gasteiger charge is -2.26. The minimum atomic E-state index is -3.87. The summed E-state index contributed by atoms with van der Waals surface area (Å²) >= 11 is 0. The van der Waals surface area contributed by atoms with Crippen LogP contribution in [0.2, 0.25) is 0 Å². The number of nitrogens with zero attached hydrogens (tertiary/aromatic N) is 2. The molecule has 40 heavy (non-hydrogen) atoms. The number of ether oxygens (including phenoxy) is 1. The van der Waals surface area contributed by atoms with Gasteiger partial charge in [-0.1, -0.05) is 38.3 Å². The van der Waals surface area contributed by atoms with Gasteiger partial charge in [-0.25, -0.2) is 23.3 Å². The average molecular weight is 572 g/mol. The molecule has 214 valence electrons. The van der Waals surface area contributed by atoms with Gasteiger partial charge in [0.25, 0.3) is 5.91 Å². The fourth-order valence-electron chi connectivity index (χ4n) is 4.29. The van der Waals surface area contributed by atoms with Crippen molar-refractivity contribution in [1.82, 2.24) is 4.90 Å². The number of hydrogen-bond donors (Lipinski definition) is 2. The number of benzene rings is 2. The number of amides is 3. The van der Waals surface area contributed by atoms with Gasteiger partial charge < -0.3 is 14.7 Å². The molecule has 0 saturated carbocycles. The molecule has 1 aliphatic heterocycles. The summed E-state index contributed by atoms with van der Waals surface area (Å²) in [5.41, 5.74) is 0.981. The number of sulfonamides is 1. The summed E-state index contributed by atoms with van der Waals surface area (Å²) in [4.78, 5) is 52.3. The van der Waals surface area contributed by atoms with E-state index in [-0.39, 0.29) is 24.3 Å². The molecule has 3 amide bonds. The SMILES string of the molecule is CCCCCCOc1ccc(N2C(=O)C[C@H](N(CCc3ccc(S(N)(=O)=O)cc3)C(=O)/C=C/C(=O)O)C2=O)cc1. The minimum absolute atomic E-state index is 0.0279. The smallest absolute Gasteiger partial charge is 0.328 e. The van der Waals surface area contributed by atoms with E-state index in [1.54, 1.807) is 24.3 Å². The van der Waals surface area contributed by atoms with Gasteiger partial charge in [-0.2, -0.15) is 0 Å². The largest absolute Gasteiger partial charge is 0.494 e. The number of aliphatic carboxylic acids is 1. The van der Waals surface area contributed by atoms with Gasteiger partial charge in [-0.15, -0.1) is 0 Å². The third kappa shape index (κ3) is 8.23. The Kier molecular flexibility index (Phi) is 10.6. The molecule has 1 heterocycles. The number of carboxylic acids is 1. The van der Waals surface area contributed by atoms with E-state index in [4.69, 9.17) is 15.0 Å². The number of unbranched alkanes of at least 4 members (excludes halogenated alkanes) is 3. The number of imide groups is 1. The summed E-state index contributed by atoms with van der Waals surface area (Å²) in [5.74, 6) is -2.58. The van der Waals surface area contributed by atoms with Crippen LogP contribution in [-0.4, -0.2) is 61.3 Å². The van der Waals surface area contributed by atoms with Crippen molar-refractivity contribution in [1.29, 1.82) is 0 Å². The highest BCUT2D eigenvalue weighted by Crippen LogP contribution is 2.28. The third-order valence-corrected chi connectivity index (χ3v) is 7.33. The van der Waals surface area contributed by atoms with Gasteiger partial charge in [0.15, 0.2) is 0 Å². The maximum atomic E-state index is 13.4. The van der Waals surface area contributed by atoms with Crippen LogP contribution in [0.15, 0.2) is 65.6 Å². The van der Waals surface area contributed by atoms with E-state index in [1.165, 1.54) is 24.3 Å². The third-order valence-electron chi connectivity index (χ3n) is 6.41. The van der Waals surface area contributed by atoms with Crippen LogP contribution in [0.5, 0.6) is 5.75 Å². The van der Waals surface area contributed by atoms with Crippen molar-refractivity contribution < 1.29 is 37.4 Å². The molecule has 0 aliphatic carbocycles. The Morgan fingerprint density at radius 3 is 2.33 bits per heavy atom. The monoisotopic (exact) mass is 571 g/mol. The number of anilines is 1. The molecule has 12 heteroatoms. The highest BCUT2D eigenvalue weighted by molar-refractivity contribution is 7.89. The topological polar surface area (TPSA) is 164 Å². The number of rotatable bonds is 14.